The zero-order valence-electron chi connectivity index (χ0n) is 12.2. The fraction of sp³-hybridized carbons (Fsp3) is 0.812. The number of allylic oxidation sites excluding steroid dienone is 1. The highest BCUT2D eigenvalue weighted by atomic mass is 16.1. The molecule has 0 heterocycles. The number of carbonyl (C=O) groups excluding carboxylic acids is 1. The maximum Gasteiger partial charge on any atom is 0.207 e. The van der Waals surface area contributed by atoms with E-state index in [4.69, 9.17) is 0 Å². The summed E-state index contributed by atoms with van der Waals surface area (Å²) in [6.45, 7) is 9.18. The zero-order valence-corrected chi connectivity index (χ0v) is 12.2. The molecule has 18 heavy (non-hydrogen) atoms. The lowest BCUT2D eigenvalue weighted by molar-refractivity contribution is -0.112. The van der Waals surface area contributed by atoms with Crippen LogP contribution in [0.15, 0.2) is 11.6 Å². The summed E-state index contributed by atoms with van der Waals surface area (Å²) in [5.41, 5.74) is 1.72. The van der Waals surface area contributed by atoms with Crippen LogP contribution < -0.4 is 5.32 Å². The predicted molar refractivity (Wildman–Crippen MR) is 75.1 cm³/mol. The second-order valence-corrected chi connectivity index (χ2v) is 6.75. The van der Waals surface area contributed by atoms with E-state index in [9.17, 15) is 4.79 Å². The highest BCUT2D eigenvalue weighted by molar-refractivity contribution is 5.48. The molecule has 1 fully saturated rings. The zero-order chi connectivity index (χ0) is 13.3. The van der Waals surface area contributed by atoms with Gasteiger partial charge in [-0.25, -0.2) is 0 Å². The van der Waals surface area contributed by atoms with E-state index in [1.165, 1.54) is 31.3 Å². The third kappa shape index (κ3) is 2.10. The van der Waals surface area contributed by atoms with Crippen molar-refractivity contribution in [2.24, 2.45) is 23.2 Å². The first-order chi connectivity index (χ1) is 8.51. The van der Waals surface area contributed by atoms with E-state index in [1.807, 2.05) is 0 Å². The van der Waals surface area contributed by atoms with Gasteiger partial charge in [0.15, 0.2) is 0 Å². The van der Waals surface area contributed by atoms with Crippen LogP contribution >= 0.6 is 0 Å². The Labute approximate surface area is 111 Å². The summed E-state index contributed by atoms with van der Waals surface area (Å²) < 4.78 is 0. The molecule has 1 saturated carbocycles. The molecule has 2 rings (SSSR count). The molecule has 1 N–H and O–H groups in total. The van der Waals surface area contributed by atoms with E-state index >= 15 is 0 Å². The molecule has 102 valence electrons. The van der Waals surface area contributed by atoms with Crippen molar-refractivity contribution in [1.29, 1.82) is 0 Å². The third-order valence-electron chi connectivity index (χ3n) is 5.43. The Hall–Kier alpha value is -0.790. The van der Waals surface area contributed by atoms with Gasteiger partial charge in [-0.05, 0) is 50.4 Å². The number of hydrogen-bond acceptors (Lipinski definition) is 1. The molecule has 2 heteroatoms. The van der Waals surface area contributed by atoms with Crippen molar-refractivity contribution in [3.8, 4) is 0 Å². The molecule has 2 aliphatic carbocycles. The molecule has 1 amide bonds. The minimum atomic E-state index is 0.220. The van der Waals surface area contributed by atoms with Crippen LogP contribution in [0.2, 0.25) is 0 Å². The lowest BCUT2D eigenvalue weighted by atomic mass is 9.58. The summed E-state index contributed by atoms with van der Waals surface area (Å²) in [6.07, 6.45) is 8.36. The van der Waals surface area contributed by atoms with E-state index in [-0.39, 0.29) is 5.41 Å². The van der Waals surface area contributed by atoms with Gasteiger partial charge in [-0.2, -0.15) is 0 Å². The smallest absolute Gasteiger partial charge is 0.207 e. The van der Waals surface area contributed by atoms with Crippen molar-refractivity contribution in [2.75, 3.05) is 0 Å². The van der Waals surface area contributed by atoms with Crippen molar-refractivity contribution in [2.45, 2.75) is 59.4 Å². The van der Waals surface area contributed by atoms with Gasteiger partial charge in [0.25, 0.3) is 0 Å². The monoisotopic (exact) mass is 249 g/mol. The first-order valence-electron chi connectivity index (χ1n) is 7.39. The molecule has 0 aromatic carbocycles. The second-order valence-electron chi connectivity index (χ2n) is 6.75. The Bertz CT molecular complexity index is 347. The predicted octanol–water partition coefficient (Wildman–Crippen LogP) is 3.53. The summed E-state index contributed by atoms with van der Waals surface area (Å²) in [7, 11) is 0. The van der Waals surface area contributed by atoms with E-state index in [0.717, 1.165) is 6.41 Å². The Kier molecular flexibility index (Phi) is 3.84. The largest absolute Gasteiger partial charge is 0.355 e. The molecule has 0 aromatic rings. The minimum absolute atomic E-state index is 0.220. The quantitative estimate of drug-likeness (QED) is 0.601. The lowest BCUT2D eigenvalue weighted by Crippen LogP contribution is -2.55. The van der Waals surface area contributed by atoms with E-state index in [1.54, 1.807) is 0 Å². The van der Waals surface area contributed by atoms with Gasteiger partial charge in [0.2, 0.25) is 6.41 Å². The number of hydrogen-bond donors (Lipinski definition) is 1. The van der Waals surface area contributed by atoms with Crippen LogP contribution in [-0.2, 0) is 4.79 Å². The summed E-state index contributed by atoms with van der Waals surface area (Å²) in [5, 5.41) is 3.17. The summed E-state index contributed by atoms with van der Waals surface area (Å²) >= 11 is 0. The first-order valence-corrected chi connectivity index (χ1v) is 7.39. The molecule has 4 atom stereocenters. The average Bonchev–Trinajstić information content (AvgIpc) is 2.69. The fourth-order valence-electron chi connectivity index (χ4n) is 4.30. The number of carbonyl (C=O) groups is 1. The van der Waals surface area contributed by atoms with Gasteiger partial charge in [-0.1, -0.05) is 32.4 Å². The average molecular weight is 249 g/mol. The highest BCUT2D eigenvalue weighted by Gasteiger charge is 2.50. The molecule has 0 unspecified atom stereocenters. The van der Waals surface area contributed by atoms with Crippen LogP contribution in [0, 0.1) is 23.2 Å². The number of nitrogens with one attached hydrogen (secondary N) is 1. The maximum absolute atomic E-state index is 11.0. The topological polar surface area (TPSA) is 29.1 Å². The molecule has 1 spiro atoms. The van der Waals surface area contributed by atoms with E-state index in [0.29, 0.717) is 23.8 Å². The van der Waals surface area contributed by atoms with Crippen molar-refractivity contribution in [3.05, 3.63) is 11.6 Å². The third-order valence-corrected chi connectivity index (χ3v) is 5.43. The van der Waals surface area contributed by atoms with E-state index in [2.05, 4.69) is 39.1 Å². The van der Waals surface area contributed by atoms with Crippen molar-refractivity contribution < 1.29 is 4.79 Å². The van der Waals surface area contributed by atoms with Gasteiger partial charge in [0, 0.05) is 11.5 Å². The SMILES string of the molecule is CC1=C[C@@]2(CC1)[C@H](NC=O)[C@H](C(C)C)CC[C@@H]2C. The van der Waals surface area contributed by atoms with Crippen LogP contribution in [-0.4, -0.2) is 12.5 Å². The Balaban J connectivity index is 2.35. The first kappa shape index (κ1) is 13.6. The van der Waals surface area contributed by atoms with Crippen LogP contribution in [0.1, 0.15) is 53.4 Å². The molecular weight excluding hydrogens is 222 g/mol. The number of amides is 1. The van der Waals surface area contributed by atoms with Gasteiger partial charge >= 0.3 is 0 Å². The summed E-state index contributed by atoms with van der Waals surface area (Å²) in [4.78, 5) is 11.0. The minimum Gasteiger partial charge on any atom is -0.355 e. The Morgan fingerprint density at radius 1 is 1.44 bits per heavy atom. The van der Waals surface area contributed by atoms with Gasteiger partial charge in [0.05, 0.1) is 0 Å². The molecular formula is C16H27NO. The Morgan fingerprint density at radius 2 is 2.17 bits per heavy atom. The van der Waals surface area contributed by atoms with Crippen molar-refractivity contribution in [3.63, 3.8) is 0 Å². The van der Waals surface area contributed by atoms with Crippen LogP contribution in [0.4, 0.5) is 0 Å². The van der Waals surface area contributed by atoms with Gasteiger partial charge in [0.1, 0.15) is 0 Å². The molecule has 2 aliphatic rings. The highest BCUT2D eigenvalue weighted by Crippen LogP contribution is 2.53. The van der Waals surface area contributed by atoms with Gasteiger partial charge in [-0.3, -0.25) is 4.79 Å². The normalized spacial score (nSPS) is 40.1. The maximum atomic E-state index is 11.0. The second kappa shape index (κ2) is 5.07. The molecule has 0 aromatic heterocycles. The molecule has 2 nitrogen and oxygen atoms in total. The number of rotatable bonds is 3. The van der Waals surface area contributed by atoms with Crippen LogP contribution in [0.3, 0.4) is 0 Å². The lowest BCUT2D eigenvalue weighted by Gasteiger charge is -2.50. The fourth-order valence-corrected chi connectivity index (χ4v) is 4.30. The van der Waals surface area contributed by atoms with Crippen LogP contribution in [0.5, 0.6) is 0 Å². The molecule has 0 aliphatic heterocycles. The summed E-state index contributed by atoms with van der Waals surface area (Å²) in [5.74, 6) is 1.94. The molecule has 0 bridgehead atoms. The Morgan fingerprint density at radius 3 is 2.67 bits per heavy atom. The summed E-state index contributed by atoms with van der Waals surface area (Å²) in [6, 6.07) is 0.330. The molecule has 0 saturated heterocycles. The van der Waals surface area contributed by atoms with Gasteiger partial charge in [-0.15, -0.1) is 0 Å². The van der Waals surface area contributed by atoms with Gasteiger partial charge < -0.3 is 5.32 Å². The molecule has 0 radical (unpaired) electrons. The van der Waals surface area contributed by atoms with Crippen molar-refractivity contribution >= 4 is 6.41 Å². The van der Waals surface area contributed by atoms with E-state index < -0.39 is 0 Å². The standard InChI is InChI=1S/C16H27NO/c1-11(2)14-6-5-13(4)16(15(14)17-10-18)8-7-12(3)9-16/h9-11,13-15H,5-8H2,1-4H3,(H,17,18)/t13-,14-,15+,16+/m0/s1. The van der Waals surface area contributed by atoms with Crippen LogP contribution in [0.25, 0.3) is 0 Å². The van der Waals surface area contributed by atoms with Crippen molar-refractivity contribution in [1.82, 2.24) is 5.32 Å².